The van der Waals surface area contributed by atoms with Crippen molar-refractivity contribution in [3.05, 3.63) is 136 Å². The molecule has 0 fully saturated rings. The van der Waals surface area contributed by atoms with Gasteiger partial charge >= 0.3 is 0 Å². The van der Waals surface area contributed by atoms with E-state index in [9.17, 15) is 18.4 Å². The van der Waals surface area contributed by atoms with E-state index in [1.165, 1.54) is 40.9 Å². The molecule has 1 aliphatic heterocycles. The van der Waals surface area contributed by atoms with Crippen molar-refractivity contribution in [2.24, 2.45) is 0 Å². The standard InChI is InChI=1S/C33H25ClF2N4O2S/c34-26-8-4-5-9-27(26)40-33-30(31(38-40)22-6-2-1-3-7-22)32(23-12-16-25(36)17-13-23)43-20-29(42)39(33)19-28(41)37-18-21-10-14-24(35)15-11-21/h1-17,32H,18-20H2,(H,37,41)/t32-/m0/s1. The van der Waals surface area contributed by atoms with Gasteiger partial charge in [-0.05, 0) is 47.5 Å². The average molecular weight is 615 g/mol. The summed E-state index contributed by atoms with van der Waals surface area (Å²) in [6, 6.07) is 28.7. The first kappa shape index (κ1) is 28.6. The lowest BCUT2D eigenvalue weighted by Gasteiger charge is -2.23. The smallest absolute Gasteiger partial charge is 0.240 e. The minimum absolute atomic E-state index is 0.0682. The largest absolute Gasteiger partial charge is 0.350 e. The second-order valence-electron chi connectivity index (χ2n) is 9.94. The molecular weight excluding hydrogens is 590 g/mol. The third-order valence-electron chi connectivity index (χ3n) is 7.09. The number of halogens is 3. The molecular formula is C33H25ClF2N4O2S. The molecule has 0 saturated carbocycles. The molecule has 10 heteroatoms. The molecule has 0 radical (unpaired) electrons. The number of anilines is 1. The highest BCUT2D eigenvalue weighted by Gasteiger charge is 2.38. The van der Waals surface area contributed by atoms with Crippen molar-refractivity contribution in [3.8, 4) is 16.9 Å². The van der Waals surface area contributed by atoms with Gasteiger partial charge in [0.25, 0.3) is 0 Å². The van der Waals surface area contributed by atoms with Gasteiger partial charge in [-0.2, -0.15) is 5.10 Å². The van der Waals surface area contributed by atoms with Gasteiger partial charge in [0.2, 0.25) is 11.8 Å². The number of thioether (sulfide) groups is 1. The van der Waals surface area contributed by atoms with Gasteiger partial charge in [-0.1, -0.05) is 78.3 Å². The van der Waals surface area contributed by atoms with E-state index in [4.69, 9.17) is 16.7 Å². The van der Waals surface area contributed by atoms with E-state index in [1.807, 2.05) is 36.4 Å². The highest BCUT2D eigenvalue weighted by Crippen LogP contribution is 2.48. The number of benzene rings is 4. The summed E-state index contributed by atoms with van der Waals surface area (Å²) in [4.78, 5) is 28.6. The number of nitrogens with one attached hydrogen (secondary N) is 1. The predicted octanol–water partition coefficient (Wildman–Crippen LogP) is 6.96. The van der Waals surface area contributed by atoms with Crippen LogP contribution in [0.25, 0.3) is 16.9 Å². The summed E-state index contributed by atoms with van der Waals surface area (Å²) >= 11 is 8.06. The summed E-state index contributed by atoms with van der Waals surface area (Å²) < 4.78 is 28.9. The number of para-hydroxylation sites is 1. The van der Waals surface area contributed by atoms with E-state index in [0.29, 0.717) is 27.8 Å². The van der Waals surface area contributed by atoms with Gasteiger partial charge < -0.3 is 5.32 Å². The Morgan fingerprint density at radius 3 is 2.26 bits per heavy atom. The Morgan fingerprint density at radius 1 is 0.907 bits per heavy atom. The van der Waals surface area contributed by atoms with Gasteiger partial charge in [0.15, 0.2) is 0 Å². The summed E-state index contributed by atoms with van der Waals surface area (Å²) in [5, 5.41) is 7.85. The van der Waals surface area contributed by atoms with Crippen molar-refractivity contribution in [3.63, 3.8) is 0 Å². The number of carbonyl (C=O) groups is 2. The Morgan fingerprint density at radius 2 is 1.56 bits per heavy atom. The normalized spacial score (nSPS) is 14.7. The molecule has 43 heavy (non-hydrogen) atoms. The van der Waals surface area contributed by atoms with E-state index in [0.717, 1.165) is 16.7 Å². The summed E-state index contributed by atoms with van der Waals surface area (Å²) in [6.45, 7) is -0.117. The van der Waals surface area contributed by atoms with E-state index < -0.39 is 11.2 Å². The number of aromatic nitrogens is 2. The second kappa shape index (κ2) is 12.4. The zero-order chi connectivity index (χ0) is 29.9. The van der Waals surface area contributed by atoms with Crippen molar-refractivity contribution in [1.82, 2.24) is 15.1 Å². The Kier molecular flexibility index (Phi) is 8.26. The second-order valence-corrected chi connectivity index (χ2v) is 11.4. The topological polar surface area (TPSA) is 67.2 Å². The summed E-state index contributed by atoms with van der Waals surface area (Å²) in [5.41, 5.74) is 4.18. The molecule has 1 aromatic heterocycles. The maximum absolute atomic E-state index is 14.0. The molecule has 6 nitrogen and oxygen atoms in total. The van der Waals surface area contributed by atoms with Crippen LogP contribution >= 0.6 is 23.4 Å². The lowest BCUT2D eigenvalue weighted by Crippen LogP contribution is -2.42. The molecule has 4 aromatic carbocycles. The highest BCUT2D eigenvalue weighted by molar-refractivity contribution is 8.00. The van der Waals surface area contributed by atoms with Crippen LogP contribution in [0.15, 0.2) is 103 Å². The van der Waals surface area contributed by atoms with Crippen molar-refractivity contribution >= 4 is 41.0 Å². The first-order valence-corrected chi connectivity index (χ1v) is 14.9. The SMILES string of the molecule is O=C(CN1C(=O)CS[C@@H](c2ccc(F)cc2)c2c(-c3ccccc3)nn(-c3ccccc3Cl)c21)NCc1ccc(F)cc1. The number of rotatable bonds is 7. The number of nitrogens with zero attached hydrogens (tertiary/aromatic N) is 3. The zero-order valence-electron chi connectivity index (χ0n) is 22.7. The molecule has 0 spiro atoms. The van der Waals surface area contributed by atoms with E-state index in [-0.39, 0.29) is 36.4 Å². The molecule has 2 heterocycles. The lowest BCUT2D eigenvalue weighted by atomic mass is 9.99. The minimum Gasteiger partial charge on any atom is -0.350 e. The fraction of sp³-hybridized carbons (Fsp3) is 0.121. The van der Waals surface area contributed by atoms with E-state index in [2.05, 4.69) is 5.32 Å². The first-order chi connectivity index (χ1) is 20.9. The van der Waals surface area contributed by atoms with Crippen molar-refractivity contribution in [1.29, 1.82) is 0 Å². The number of amides is 2. The number of hydrogen-bond acceptors (Lipinski definition) is 4. The third kappa shape index (κ3) is 6.04. The molecule has 5 aromatic rings. The summed E-state index contributed by atoms with van der Waals surface area (Å²) in [6.07, 6.45) is 0. The highest BCUT2D eigenvalue weighted by atomic mass is 35.5. The van der Waals surface area contributed by atoms with Gasteiger partial charge in [-0.3, -0.25) is 14.5 Å². The van der Waals surface area contributed by atoms with Gasteiger partial charge in [-0.15, -0.1) is 11.8 Å². The molecule has 0 bridgehead atoms. The summed E-state index contributed by atoms with van der Waals surface area (Å²) in [7, 11) is 0. The van der Waals surface area contributed by atoms with Crippen LogP contribution in [-0.2, 0) is 16.1 Å². The Bertz CT molecular complexity index is 1780. The monoisotopic (exact) mass is 614 g/mol. The predicted molar refractivity (Wildman–Crippen MR) is 165 cm³/mol. The number of carbonyl (C=O) groups excluding carboxylic acids is 2. The molecule has 0 unspecified atom stereocenters. The van der Waals surface area contributed by atoms with Crippen molar-refractivity contribution in [2.75, 3.05) is 17.2 Å². The fourth-order valence-electron chi connectivity index (χ4n) is 5.02. The van der Waals surface area contributed by atoms with Crippen LogP contribution in [0.5, 0.6) is 0 Å². The fourth-order valence-corrected chi connectivity index (χ4v) is 6.44. The van der Waals surface area contributed by atoms with E-state index in [1.54, 1.807) is 47.1 Å². The molecule has 1 N–H and O–H groups in total. The molecule has 1 atom stereocenters. The van der Waals surface area contributed by atoms with Crippen molar-refractivity contribution in [2.45, 2.75) is 11.8 Å². The van der Waals surface area contributed by atoms with Crippen LogP contribution < -0.4 is 10.2 Å². The maximum Gasteiger partial charge on any atom is 0.240 e. The van der Waals surface area contributed by atoms with Gasteiger partial charge in [0, 0.05) is 17.7 Å². The van der Waals surface area contributed by atoms with Gasteiger partial charge in [0.1, 0.15) is 24.0 Å². The van der Waals surface area contributed by atoms with Crippen LogP contribution in [-0.4, -0.2) is 33.9 Å². The van der Waals surface area contributed by atoms with E-state index >= 15 is 0 Å². The average Bonchev–Trinajstić information content (AvgIpc) is 3.34. The molecule has 2 amide bonds. The quantitative estimate of drug-likeness (QED) is 0.215. The third-order valence-corrected chi connectivity index (χ3v) is 8.67. The molecule has 216 valence electrons. The van der Waals surface area contributed by atoms with Gasteiger partial charge in [0.05, 0.1) is 27.4 Å². The Hall–Kier alpha value is -4.47. The van der Waals surface area contributed by atoms with Crippen LogP contribution in [0, 0.1) is 11.6 Å². The first-order valence-electron chi connectivity index (χ1n) is 13.5. The minimum atomic E-state index is -0.404. The summed E-state index contributed by atoms with van der Waals surface area (Å²) in [5.74, 6) is -0.948. The molecule has 6 rings (SSSR count). The molecule has 0 saturated heterocycles. The van der Waals surface area contributed by atoms with Crippen LogP contribution in [0.1, 0.15) is 21.9 Å². The van der Waals surface area contributed by atoms with Gasteiger partial charge in [-0.25, -0.2) is 13.5 Å². The number of fused-ring (bicyclic) bond motifs is 1. The van der Waals surface area contributed by atoms with Crippen LogP contribution in [0.2, 0.25) is 5.02 Å². The van der Waals surface area contributed by atoms with Crippen LogP contribution in [0.3, 0.4) is 0 Å². The Labute approximate surface area is 256 Å². The Balaban J connectivity index is 1.50. The van der Waals surface area contributed by atoms with Crippen LogP contribution in [0.4, 0.5) is 14.6 Å². The molecule has 0 aliphatic carbocycles. The maximum atomic E-state index is 14.0. The van der Waals surface area contributed by atoms with Crippen molar-refractivity contribution < 1.29 is 18.4 Å². The molecule has 1 aliphatic rings. The number of hydrogen-bond donors (Lipinski definition) is 1. The zero-order valence-corrected chi connectivity index (χ0v) is 24.3. The lowest BCUT2D eigenvalue weighted by molar-refractivity contribution is -0.123.